The Labute approximate surface area is 198 Å². The number of hydrazone groups is 1. The third-order valence-electron chi connectivity index (χ3n) is 4.01. The van der Waals surface area contributed by atoms with Crippen molar-refractivity contribution in [2.24, 2.45) is 5.10 Å². The predicted octanol–water partition coefficient (Wildman–Crippen LogP) is 3.49. The lowest BCUT2D eigenvalue weighted by molar-refractivity contribution is -0.113. The number of ether oxygens (including phenoxy) is 2. The molecule has 2 aromatic carbocycles. The summed E-state index contributed by atoms with van der Waals surface area (Å²) in [5.41, 5.74) is 3.89. The summed E-state index contributed by atoms with van der Waals surface area (Å²) < 4.78 is 11.6. The Bertz CT molecular complexity index is 1140. The quantitative estimate of drug-likeness (QED) is 0.178. The molecule has 3 rings (SSSR count). The number of halogens is 2. The summed E-state index contributed by atoms with van der Waals surface area (Å²) in [7, 11) is 3.11. The maximum absolute atomic E-state index is 12.2. The Kier molecular flexibility index (Phi) is 8.03. The first kappa shape index (κ1) is 23.5. The van der Waals surface area contributed by atoms with Gasteiger partial charge in [-0.15, -0.1) is 10.2 Å². The average molecular weight is 496 g/mol. The van der Waals surface area contributed by atoms with Gasteiger partial charge in [-0.05, 0) is 35.9 Å². The lowest BCUT2D eigenvalue weighted by Crippen LogP contribution is -2.17. The molecule has 0 fully saturated rings. The van der Waals surface area contributed by atoms with Gasteiger partial charge in [-0.3, -0.25) is 4.79 Å². The van der Waals surface area contributed by atoms with Gasteiger partial charge in [0.2, 0.25) is 11.1 Å². The molecule has 1 aromatic heterocycles. The fourth-order valence-corrected chi connectivity index (χ4v) is 3.47. The van der Waals surface area contributed by atoms with Crippen molar-refractivity contribution in [2.45, 2.75) is 5.16 Å². The summed E-state index contributed by atoms with van der Waals surface area (Å²) in [5.74, 6) is 7.10. The van der Waals surface area contributed by atoms with Gasteiger partial charge in [-0.1, -0.05) is 41.0 Å². The number of nitrogens with one attached hydrogen (secondary N) is 2. The smallest absolute Gasteiger partial charge is 0.264 e. The maximum atomic E-state index is 12.2. The van der Waals surface area contributed by atoms with Gasteiger partial charge in [0, 0.05) is 0 Å². The van der Waals surface area contributed by atoms with E-state index in [1.54, 1.807) is 50.8 Å². The van der Waals surface area contributed by atoms with Crippen LogP contribution in [0.5, 0.6) is 11.5 Å². The molecule has 13 heteroatoms. The minimum atomic E-state index is -0.303. The van der Waals surface area contributed by atoms with Crippen LogP contribution in [0.15, 0.2) is 46.7 Å². The third kappa shape index (κ3) is 5.75. The molecule has 0 unspecified atom stereocenters. The van der Waals surface area contributed by atoms with E-state index in [4.69, 9.17) is 38.5 Å². The van der Waals surface area contributed by atoms with Gasteiger partial charge >= 0.3 is 0 Å². The number of benzene rings is 2. The number of hydrogen-bond acceptors (Lipinski definition) is 9. The van der Waals surface area contributed by atoms with Crippen LogP contribution in [0, 0.1) is 0 Å². The average Bonchev–Trinajstić information content (AvgIpc) is 3.14. The Morgan fingerprint density at radius 1 is 1.22 bits per heavy atom. The van der Waals surface area contributed by atoms with E-state index in [-0.39, 0.29) is 22.6 Å². The van der Waals surface area contributed by atoms with Gasteiger partial charge in [-0.25, -0.2) is 10.1 Å². The zero-order valence-corrected chi connectivity index (χ0v) is 19.3. The Balaban J connectivity index is 1.56. The van der Waals surface area contributed by atoms with E-state index in [0.717, 1.165) is 17.3 Å². The lowest BCUT2D eigenvalue weighted by atomic mass is 10.2. The molecule has 0 atom stereocenters. The van der Waals surface area contributed by atoms with Crippen LogP contribution in [-0.4, -0.2) is 47.0 Å². The van der Waals surface area contributed by atoms with Crippen molar-refractivity contribution in [1.29, 1.82) is 0 Å². The largest absolute Gasteiger partial charge is 0.493 e. The topological polar surface area (TPSA) is 129 Å². The van der Waals surface area contributed by atoms with Crippen molar-refractivity contribution in [1.82, 2.24) is 14.9 Å². The van der Waals surface area contributed by atoms with E-state index >= 15 is 0 Å². The Morgan fingerprint density at radius 2 is 2.00 bits per heavy atom. The van der Waals surface area contributed by atoms with Gasteiger partial charge in [0.05, 0.1) is 41.9 Å². The number of rotatable bonds is 9. The second-order valence-electron chi connectivity index (χ2n) is 6.10. The number of anilines is 2. The van der Waals surface area contributed by atoms with E-state index in [0.29, 0.717) is 27.4 Å². The van der Waals surface area contributed by atoms with E-state index in [1.165, 1.54) is 4.68 Å². The number of methoxy groups -OCH3 is 2. The van der Waals surface area contributed by atoms with Crippen LogP contribution in [0.4, 0.5) is 11.6 Å². The number of amides is 1. The lowest BCUT2D eigenvalue weighted by Gasteiger charge is -2.08. The van der Waals surface area contributed by atoms with Crippen molar-refractivity contribution < 1.29 is 14.3 Å². The highest BCUT2D eigenvalue weighted by atomic mass is 35.5. The number of nitrogens with two attached hydrogens (primary N) is 1. The van der Waals surface area contributed by atoms with Crippen molar-refractivity contribution in [3.8, 4) is 11.5 Å². The van der Waals surface area contributed by atoms with Crippen LogP contribution in [0.25, 0.3) is 0 Å². The van der Waals surface area contributed by atoms with Crippen LogP contribution in [-0.2, 0) is 4.79 Å². The molecule has 0 saturated heterocycles. The number of hydrogen-bond donors (Lipinski definition) is 3. The summed E-state index contributed by atoms with van der Waals surface area (Å²) in [4.78, 5) is 12.2. The van der Waals surface area contributed by atoms with E-state index in [2.05, 4.69) is 26.0 Å². The van der Waals surface area contributed by atoms with Gasteiger partial charge in [-0.2, -0.15) is 5.10 Å². The fourth-order valence-electron chi connectivity index (χ4n) is 2.47. The summed E-state index contributed by atoms with van der Waals surface area (Å²) >= 11 is 13.1. The first-order chi connectivity index (χ1) is 15.4. The summed E-state index contributed by atoms with van der Waals surface area (Å²) in [6.07, 6.45) is 1.56. The second kappa shape index (κ2) is 10.9. The van der Waals surface area contributed by atoms with Crippen molar-refractivity contribution >= 4 is 58.7 Å². The molecular formula is C19H19Cl2N7O3S. The van der Waals surface area contributed by atoms with Crippen LogP contribution in [0.1, 0.15) is 5.56 Å². The molecule has 0 radical (unpaired) electrons. The van der Waals surface area contributed by atoms with Crippen LogP contribution in [0.3, 0.4) is 0 Å². The molecule has 168 valence electrons. The minimum absolute atomic E-state index is 0.0348. The van der Waals surface area contributed by atoms with E-state index < -0.39 is 0 Å². The van der Waals surface area contributed by atoms with Gasteiger partial charge in [0.15, 0.2) is 11.5 Å². The Hall–Kier alpha value is -3.15. The zero-order valence-electron chi connectivity index (χ0n) is 17.0. The van der Waals surface area contributed by atoms with Gasteiger partial charge in [0.1, 0.15) is 0 Å². The van der Waals surface area contributed by atoms with Gasteiger partial charge in [0.25, 0.3) is 5.95 Å². The molecule has 0 saturated carbocycles. The number of carbonyl (C=O) groups is 1. The Morgan fingerprint density at radius 3 is 2.75 bits per heavy atom. The molecule has 0 aliphatic heterocycles. The molecule has 0 aliphatic carbocycles. The monoisotopic (exact) mass is 495 g/mol. The summed E-state index contributed by atoms with van der Waals surface area (Å²) in [6.45, 7) is 0. The molecule has 0 spiro atoms. The van der Waals surface area contributed by atoms with Crippen LogP contribution >= 0.6 is 35.0 Å². The third-order valence-corrected chi connectivity index (χ3v) is 5.77. The molecule has 4 N–H and O–H groups in total. The minimum Gasteiger partial charge on any atom is -0.493 e. The fraction of sp³-hybridized carbons (Fsp3) is 0.158. The van der Waals surface area contributed by atoms with E-state index in [1.807, 2.05) is 6.07 Å². The number of aromatic nitrogens is 3. The standard InChI is InChI=1S/C19H19Cl2N7O3S/c1-30-14-7-6-11(8-15(14)31-2)9-23-25-18-26-27-19(28(18)22)32-10-16(29)24-13-5-3-4-12(20)17(13)21/h3-9H,10,22H2,1-2H3,(H,24,29)(H,25,26)/b23-9+. The molecule has 10 nitrogen and oxygen atoms in total. The van der Waals surface area contributed by atoms with E-state index in [9.17, 15) is 4.79 Å². The van der Waals surface area contributed by atoms with Crippen molar-refractivity contribution in [3.63, 3.8) is 0 Å². The van der Waals surface area contributed by atoms with Crippen LogP contribution in [0.2, 0.25) is 10.0 Å². The highest BCUT2D eigenvalue weighted by Gasteiger charge is 2.13. The SMILES string of the molecule is COc1ccc(/C=N/Nc2nnc(SCC(=O)Nc3cccc(Cl)c3Cl)n2N)cc1OC. The van der Waals surface area contributed by atoms with Gasteiger partial charge < -0.3 is 20.6 Å². The second-order valence-corrected chi connectivity index (χ2v) is 7.83. The number of nitrogen functional groups attached to an aromatic ring is 1. The molecule has 32 heavy (non-hydrogen) atoms. The molecular weight excluding hydrogens is 477 g/mol. The predicted molar refractivity (Wildman–Crippen MR) is 127 cm³/mol. The summed E-state index contributed by atoms with van der Waals surface area (Å²) in [5, 5.41) is 15.6. The molecule has 0 aliphatic rings. The highest BCUT2D eigenvalue weighted by molar-refractivity contribution is 7.99. The molecule has 0 bridgehead atoms. The van der Waals surface area contributed by atoms with Crippen molar-refractivity contribution in [2.75, 3.05) is 36.6 Å². The number of nitrogens with zero attached hydrogens (tertiary/aromatic N) is 4. The molecule has 1 heterocycles. The molecule has 3 aromatic rings. The first-order valence-corrected chi connectivity index (χ1v) is 10.7. The van der Waals surface area contributed by atoms with Crippen LogP contribution < -0.4 is 26.1 Å². The molecule has 1 amide bonds. The summed E-state index contributed by atoms with van der Waals surface area (Å²) in [6, 6.07) is 10.3. The highest BCUT2D eigenvalue weighted by Crippen LogP contribution is 2.30. The number of carbonyl (C=O) groups excluding carboxylic acids is 1. The zero-order chi connectivity index (χ0) is 23.1. The van der Waals surface area contributed by atoms with Crippen molar-refractivity contribution in [3.05, 3.63) is 52.0 Å². The maximum Gasteiger partial charge on any atom is 0.264 e. The normalized spacial score (nSPS) is 10.9. The number of thioether (sulfide) groups is 1. The first-order valence-electron chi connectivity index (χ1n) is 9.01.